The van der Waals surface area contributed by atoms with Gasteiger partial charge < -0.3 is 5.11 Å². The summed E-state index contributed by atoms with van der Waals surface area (Å²) in [6.07, 6.45) is 0.620. The van der Waals surface area contributed by atoms with Crippen LogP contribution in [0.15, 0.2) is 140 Å². The van der Waals surface area contributed by atoms with E-state index in [9.17, 15) is 15.2 Å². The third kappa shape index (κ3) is 5.01. The van der Waals surface area contributed by atoms with Gasteiger partial charge in [0.15, 0.2) is 0 Å². The van der Waals surface area contributed by atoms with Crippen LogP contribution in [0.2, 0.25) is 0 Å². The van der Waals surface area contributed by atoms with Crippen LogP contribution in [0.5, 0.6) is 0 Å². The molecule has 5 rings (SSSR count). The van der Waals surface area contributed by atoms with E-state index in [-0.39, 0.29) is 5.69 Å². The minimum atomic E-state index is -1.08. The Morgan fingerprint density at radius 2 is 1.18 bits per heavy atom. The average Bonchev–Trinajstić information content (AvgIpc) is 2.98. The first-order chi connectivity index (χ1) is 18.6. The quantitative estimate of drug-likeness (QED) is 0.105. The van der Waals surface area contributed by atoms with Crippen LogP contribution < -0.4 is 4.57 Å². The number of aliphatic hydroxyl groups excluding tert-OH is 1. The summed E-state index contributed by atoms with van der Waals surface area (Å²) in [6.45, 7) is 4.08. The zero-order valence-electron chi connectivity index (χ0n) is 20.7. The predicted molar refractivity (Wildman–Crippen MR) is 150 cm³/mol. The molecule has 0 amide bonds. The van der Waals surface area contributed by atoms with Crippen LogP contribution in [0.1, 0.15) is 17.7 Å². The molecule has 1 aromatic heterocycles. The number of aliphatic hydroxyl groups is 1. The molecule has 0 saturated heterocycles. The average molecular weight is 500 g/mol. The molecule has 2 unspecified atom stereocenters. The summed E-state index contributed by atoms with van der Waals surface area (Å²) in [5, 5.41) is 23.1. The lowest BCUT2D eigenvalue weighted by Crippen LogP contribution is -2.46. The van der Waals surface area contributed by atoms with E-state index in [0.717, 1.165) is 33.6 Å². The maximum absolute atomic E-state index is 11.7. The first-order valence-electron chi connectivity index (χ1n) is 12.4. The highest BCUT2D eigenvalue weighted by Crippen LogP contribution is 2.34. The van der Waals surface area contributed by atoms with Crippen molar-refractivity contribution in [1.29, 1.82) is 0 Å². The Bertz CT molecular complexity index is 1510. The highest BCUT2D eigenvalue weighted by Gasteiger charge is 2.34. The lowest BCUT2D eigenvalue weighted by atomic mass is 9.95. The van der Waals surface area contributed by atoms with Crippen molar-refractivity contribution in [2.45, 2.75) is 12.1 Å². The highest BCUT2D eigenvalue weighted by atomic mass is 16.6. The Hall–Kier alpha value is -4.87. The molecule has 0 saturated carbocycles. The van der Waals surface area contributed by atoms with Crippen molar-refractivity contribution >= 4 is 5.69 Å². The Labute approximate surface area is 221 Å². The maximum Gasteiger partial charge on any atom is 0.269 e. The molecule has 4 aromatic carbocycles. The second kappa shape index (κ2) is 11.0. The third-order valence-corrected chi connectivity index (χ3v) is 6.64. The van der Waals surface area contributed by atoms with Gasteiger partial charge in [0.1, 0.15) is 6.10 Å². The van der Waals surface area contributed by atoms with Crippen LogP contribution in [0.3, 0.4) is 0 Å². The molecule has 0 bridgehead atoms. The van der Waals surface area contributed by atoms with E-state index in [1.807, 2.05) is 78.9 Å². The van der Waals surface area contributed by atoms with E-state index in [1.54, 1.807) is 18.2 Å². The van der Waals surface area contributed by atoms with Crippen LogP contribution in [-0.2, 0) is 0 Å². The molecule has 0 aliphatic heterocycles. The minimum absolute atomic E-state index is 0.0691. The normalized spacial score (nSPS) is 12.4. The van der Waals surface area contributed by atoms with Gasteiger partial charge in [0.25, 0.3) is 5.69 Å². The van der Waals surface area contributed by atoms with Gasteiger partial charge in [-0.15, -0.1) is 0 Å². The number of nitro groups is 1. The molecule has 0 aliphatic rings. The fourth-order valence-corrected chi connectivity index (χ4v) is 4.78. The monoisotopic (exact) mass is 499 g/mol. The number of pyridine rings is 1. The largest absolute Gasteiger partial charge is 0.381 e. The molecule has 0 fully saturated rings. The van der Waals surface area contributed by atoms with Gasteiger partial charge in [0, 0.05) is 35.4 Å². The molecule has 0 aliphatic carbocycles. The molecule has 5 nitrogen and oxygen atoms in total. The number of aromatic nitrogens is 1. The van der Waals surface area contributed by atoms with Gasteiger partial charge in [-0.2, -0.15) is 4.57 Å². The van der Waals surface area contributed by atoms with Gasteiger partial charge in [-0.1, -0.05) is 85.4 Å². The molecule has 2 atom stereocenters. The Morgan fingerprint density at radius 1 is 0.684 bits per heavy atom. The van der Waals surface area contributed by atoms with Crippen molar-refractivity contribution in [1.82, 2.24) is 0 Å². The molecule has 5 heteroatoms. The summed E-state index contributed by atoms with van der Waals surface area (Å²) in [4.78, 5) is 11.0. The van der Waals surface area contributed by atoms with E-state index in [4.69, 9.17) is 0 Å². The maximum atomic E-state index is 11.7. The SMILES string of the molecule is C=CC(C(O)c1cccc([N+](=O)[O-])c1)[n+]1c(-c2ccccc2)cc(-c2ccccc2)cc1-c1ccccc1. The summed E-state index contributed by atoms with van der Waals surface area (Å²) < 4.78 is 2.08. The molecular formula is C33H27N2O3+. The first-order valence-corrected chi connectivity index (χ1v) is 12.4. The fourth-order valence-electron chi connectivity index (χ4n) is 4.78. The molecule has 0 radical (unpaired) electrons. The molecule has 1 heterocycles. The molecular weight excluding hydrogens is 472 g/mol. The van der Waals surface area contributed by atoms with Crippen molar-refractivity contribution in [2.24, 2.45) is 0 Å². The smallest absolute Gasteiger partial charge is 0.269 e. The topological polar surface area (TPSA) is 67.2 Å². The van der Waals surface area contributed by atoms with Gasteiger partial charge in [-0.3, -0.25) is 10.1 Å². The fraction of sp³-hybridized carbons (Fsp3) is 0.0606. The van der Waals surface area contributed by atoms with Crippen molar-refractivity contribution in [3.05, 3.63) is 156 Å². The summed E-state index contributed by atoms with van der Waals surface area (Å²) >= 11 is 0. The Balaban J connectivity index is 1.80. The van der Waals surface area contributed by atoms with E-state index < -0.39 is 17.1 Å². The van der Waals surface area contributed by atoms with Crippen molar-refractivity contribution < 1.29 is 14.6 Å². The number of nitrogens with zero attached hydrogens (tertiary/aromatic N) is 2. The van der Waals surface area contributed by atoms with Gasteiger partial charge >= 0.3 is 0 Å². The molecule has 5 aromatic rings. The number of rotatable bonds is 8. The van der Waals surface area contributed by atoms with Crippen LogP contribution in [0, 0.1) is 10.1 Å². The van der Waals surface area contributed by atoms with Crippen LogP contribution >= 0.6 is 0 Å². The molecule has 38 heavy (non-hydrogen) atoms. The van der Waals surface area contributed by atoms with E-state index in [2.05, 4.69) is 35.4 Å². The van der Waals surface area contributed by atoms with Gasteiger partial charge in [-0.25, -0.2) is 0 Å². The van der Waals surface area contributed by atoms with Crippen LogP contribution in [0.4, 0.5) is 5.69 Å². The molecule has 1 N–H and O–H groups in total. The Kier molecular flexibility index (Phi) is 7.20. The minimum Gasteiger partial charge on any atom is -0.381 e. The highest BCUT2D eigenvalue weighted by molar-refractivity contribution is 5.73. The number of non-ortho nitro benzene ring substituents is 1. The number of benzene rings is 4. The lowest BCUT2D eigenvalue weighted by Gasteiger charge is -2.21. The standard InChI is InChI=1S/C33H27N2O3/c1-2-30(33(36)27-19-12-20-29(21-27)35(37)38)34-31(25-15-8-4-9-16-25)22-28(24-13-6-3-7-14-24)23-32(34)26-17-10-5-11-18-26/h2-23,30,33,36H,1H2/q+1. The van der Waals surface area contributed by atoms with Gasteiger partial charge in [0.05, 0.1) is 4.92 Å². The number of nitro benzene ring substituents is 1. The van der Waals surface area contributed by atoms with Crippen molar-refractivity contribution in [2.75, 3.05) is 0 Å². The lowest BCUT2D eigenvalue weighted by molar-refractivity contribution is -0.700. The third-order valence-electron chi connectivity index (χ3n) is 6.64. The zero-order chi connectivity index (χ0) is 26.5. The van der Waals surface area contributed by atoms with E-state index >= 15 is 0 Å². The number of hydrogen-bond donors (Lipinski definition) is 1. The number of hydrogen-bond acceptors (Lipinski definition) is 3. The molecule has 0 spiro atoms. The van der Waals surface area contributed by atoms with Crippen LogP contribution in [0.25, 0.3) is 33.6 Å². The van der Waals surface area contributed by atoms with Gasteiger partial charge in [-0.05, 0) is 47.0 Å². The summed E-state index contributed by atoms with van der Waals surface area (Å²) in [6, 6.07) is 39.9. The Morgan fingerprint density at radius 3 is 1.66 bits per heavy atom. The summed E-state index contributed by atoms with van der Waals surface area (Å²) in [5.41, 5.74) is 6.21. The second-order valence-corrected chi connectivity index (χ2v) is 9.01. The summed E-state index contributed by atoms with van der Waals surface area (Å²) in [5.74, 6) is 0. The second-order valence-electron chi connectivity index (χ2n) is 9.01. The zero-order valence-corrected chi connectivity index (χ0v) is 20.7. The first kappa shape index (κ1) is 24.8. The van der Waals surface area contributed by atoms with Gasteiger partial charge in [0.2, 0.25) is 17.4 Å². The van der Waals surface area contributed by atoms with Crippen molar-refractivity contribution in [3.63, 3.8) is 0 Å². The summed E-state index contributed by atoms with van der Waals surface area (Å²) in [7, 11) is 0. The molecule has 186 valence electrons. The predicted octanol–water partition coefficient (Wildman–Crippen LogP) is 7.34. The van der Waals surface area contributed by atoms with Crippen molar-refractivity contribution in [3.8, 4) is 33.6 Å². The van der Waals surface area contributed by atoms with E-state index in [0.29, 0.717) is 5.56 Å². The van der Waals surface area contributed by atoms with Crippen LogP contribution in [-0.4, -0.2) is 10.0 Å². The van der Waals surface area contributed by atoms with E-state index in [1.165, 1.54) is 12.1 Å².